The Labute approximate surface area is 121 Å². The van der Waals surface area contributed by atoms with Crippen LogP contribution in [0.15, 0.2) is 35.2 Å². The lowest BCUT2D eigenvalue weighted by atomic mass is 10.00. The van der Waals surface area contributed by atoms with Gasteiger partial charge in [-0.1, -0.05) is 18.2 Å². The third kappa shape index (κ3) is 3.92. The van der Waals surface area contributed by atoms with E-state index in [0.29, 0.717) is 23.9 Å². The van der Waals surface area contributed by atoms with E-state index >= 15 is 0 Å². The first-order valence-electron chi connectivity index (χ1n) is 6.34. The summed E-state index contributed by atoms with van der Waals surface area (Å²) in [6, 6.07) is 8.69. The van der Waals surface area contributed by atoms with Crippen molar-refractivity contribution in [2.75, 3.05) is 26.7 Å². The van der Waals surface area contributed by atoms with Crippen molar-refractivity contribution in [3.8, 4) is 0 Å². The summed E-state index contributed by atoms with van der Waals surface area (Å²) in [6.07, 6.45) is 2.04. The Balaban J connectivity index is 0.00000180. The van der Waals surface area contributed by atoms with E-state index in [0.717, 1.165) is 19.4 Å². The minimum atomic E-state index is -3.31. The number of halogens is 1. The zero-order valence-corrected chi connectivity index (χ0v) is 12.7. The molecule has 2 rings (SSSR count). The molecular formula is C13H21ClN2O2S. The van der Waals surface area contributed by atoms with Crippen LogP contribution >= 0.6 is 12.4 Å². The maximum atomic E-state index is 12.4. The summed E-state index contributed by atoms with van der Waals surface area (Å²) in [7, 11) is -1.40. The molecule has 1 saturated heterocycles. The van der Waals surface area contributed by atoms with Crippen LogP contribution in [-0.4, -0.2) is 39.4 Å². The van der Waals surface area contributed by atoms with Crippen LogP contribution in [0.2, 0.25) is 0 Å². The zero-order chi connectivity index (χ0) is 13.0. The second-order valence-corrected chi connectivity index (χ2v) is 6.68. The van der Waals surface area contributed by atoms with E-state index in [1.165, 1.54) is 0 Å². The monoisotopic (exact) mass is 304 g/mol. The summed E-state index contributed by atoms with van der Waals surface area (Å²) in [5.74, 6) is 0.419. The molecule has 1 aromatic carbocycles. The maximum Gasteiger partial charge on any atom is 0.243 e. The van der Waals surface area contributed by atoms with Crippen molar-refractivity contribution in [3.05, 3.63) is 30.3 Å². The van der Waals surface area contributed by atoms with Crippen LogP contribution in [0.3, 0.4) is 0 Å². The van der Waals surface area contributed by atoms with Gasteiger partial charge in [0.25, 0.3) is 0 Å². The van der Waals surface area contributed by atoms with Gasteiger partial charge in [0.15, 0.2) is 0 Å². The van der Waals surface area contributed by atoms with Crippen LogP contribution < -0.4 is 5.32 Å². The summed E-state index contributed by atoms with van der Waals surface area (Å²) in [5.41, 5.74) is 0. The molecule has 6 heteroatoms. The number of hydrogen-bond donors (Lipinski definition) is 1. The molecular weight excluding hydrogens is 284 g/mol. The first kappa shape index (κ1) is 16.4. The van der Waals surface area contributed by atoms with E-state index in [4.69, 9.17) is 0 Å². The summed E-state index contributed by atoms with van der Waals surface area (Å²) in [4.78, 5) is 0.398. The van der Waals surface area contributed by atoms with Crippen molar-refractivity contribution < 1.29 is 8.42 Å². The molecule has 0 aromatic heterocycles. The highest BCUT2D eigenvalue weighted by Gasteiger charge is 2.29. The molecule has 1 aliphatic rings. The number of nitrogens with one attached hydrogen (secondary N) is 1. The van der Waals surface area contributed by atoms with E-state index in [-0.39, 0.29) is 12.4 Å². The van der Waals surface area contributed by atoms with Gasteiger partial charge in [0.05, 0.1) is 4.90 Å². The molecule has 1 fully saturated rings. The van der Waals surface area contributed by atoms with Gasteiger partial charge in [0.1, 0.15) is 0 Å². The fourth-order valence-corrected chi connectivity index (χ4v) is 4.02. The molecule has 0 radical (unpaired) electrons. The standard InChI is InChI=1S/C13H20N2O2S.ClH/c1-14-10-12-6-5-9-15(11-12)18(16,17)13-7-3-2-4-8-13;/h2-4,7-8,12,14H,5-6,9-11H2,1H3;1H. The Morgan fingerprint density at radius 3 is 2.63 bits per heavy atom. The first-order chi connectivity index (χ1) is 8.64. The highest BCUT2D eigenvalue weighted by molar-refractivity contribution is 7.89. The predicted octanol–water partition coefficient (Wildman–Crippen LogP) is 1.73. The summed E-state index contributed by atoms with van der Waals surface area (Å²) < 4.78 is 26.5. The molecule has 0 bridgehead atoms. The third-order valence-electron chi connectivity index (χ3n) is 3.36. The Bertz CT molecular complexity index is 477. The van der Waals surface area contributed by atoms with Gasteiger partial charge in [0, 0.05) is 13.1 Å². The van der Waals surface area contributed by atoms with Crippen LogP contribution in [0.25, 0.3) is 0 Å². The van der Waals surface area contributed by atoms with E-state index in [1.54, 1.807) is 28.6 Å². The predicted molar refractivity (Wildman–Crippen MR) is 79.1 cm³/mol. The molecule has 1 heterocycles. The summed E-state index contributed by atoms with van der Waals surface area (Å²) >= 11 is 0. The number of rotatable bonds is 4. The Morgan fingerprint density at radius 1 is 1.32 bits per heavy atom. The van der Waals surface area contributed by atoms with Crippen molar-refractivity contribution in [1.82, 2.24) is 9.62 Å². The molecule has 1 aliphatic heterocycles. The lowest BCUT2D eigenvalue weighted by Crippen LogP contribution is -2.42. The van der Waals surface area contributed by atoms with Gasteiger partial charge in [0.2, 0.25) is 10.0 Å². The maximum absolute atomic E-state index is 12.4. The molecule has 1 unspecified atom stereocenters. The zero-order valence-electron chi connectivity index (χ0n) is 11.1. The molecule has 0 amide bonds. The smallest absolute Gasteiger partial charge is 0.243 e. The van der Waals surface area contributed by atoms with Crippen LogP contribution in [-0.2, 0) is 10.0 Å². The molecule has 108 valence electrons. The Hall–Kier alpha value is -0.620. The SMILES string of the molecule is CNCC1CCCN(S(=O)(=O)c2ccccc2)C1.Cl. The van der Waals surface area contributed by atoms with E-state index in [9.17, 15) is 8.42 Å². The minimum Gasteiger partial charge on any atom is -0.319 e. The molecule has 4 nitrogen and oxygen atoms in total. The van der Waals surface area contributed by atoms with Gasteiger partial charge in [-0.05, 0) is 44.5 Å². The fourth-order valence-electron chi connectivity index (χ4n) is 2.44. The Morgan fingerprint density at radius 2 is 2.00 bits per heavy atom. The average Bonchev–Trinajstić information content (AvgIpc) is 2.40. The molecule has 1 aromatic rings. The van der Waals surface area contributed by atoms with Crippen molar-refractivity contribution in [3.63, 3.8) is 0 Å². The largest absolute Gasteiger partial charge is 0.319 e. The van der Waals surface area contributed by atoms with Gasteiger partial charge in [-0.3, -0.25) is 0 Å². The van der Waals surface area contributed by atoms with Crippen LogP contribution in [0.1, 0.15) is 12.8 Å². The van der Waals surface area contributed by atoms with E-state index in [1.807, 2.05) is 13.1 Å². The second kappa shape index (κ2) is 7.24. The van der Waals surface area contributed by atoms with E-state index in [2.05, 4.69) is 5.32 Å². The lowest BCUT2D eigenvalue weighted by Gasteiger charge is -2.31. The van der Waals surface area contributed by atoms with Crippen molar-refractivity contribution in [2.24, 2.45) is 5.92 Å². The third-order valence-corrected chi connectivity index (χ3v) is 5.23. The summed E-state index contributed by atoms with van der Waals surface area (Å²) in [5, 5.41) is 3.13. The molecule has 19 heavy (non-hydrogen) atoms. The van der Waals surface area contributed by atoms with Crippen LogP contribution in [0.5, 0.6) is 0 Å². The molecule has 0 aliphatic carbocycles. The van der Waals surface area contributed by atoms with Crippen LogP contribution in [0, 0.1) is 5.92 Å². The second-order valence-electron chi connectivity index (χ2n) is 4.74. The normalized spacial score (nSPS) is 20.8. The molecule has 0 spiro atoms. The summed E-state index contributed by atoms with van der Waals surface area (Å²) in [6.45, 7) is 2.14. The van der Waals surface area contributed by atoms with Gasteiger partial charge in [-0.2, -0.15) is 4.31 Å². The number of hydrogen-bond acceptors (Lipinski definition) is 3. The van der Waals surface area contributed by atoms with Gasteiger partial charge in [-0.25, -0.2) is 8.42 Å². The van der Waals surface area contributed by atoms with Crippen LogP contribution in [0.4, 0.5) is 0 Å². The molecule has 1 N–H and O–H groups in total. The van der Waals surface area contributed by atoms with Crippen molar-refractivity contribution in [1.29, 1.82) is 0 Å². The van der Waals surface area contributed by atoms with Crippen molar-refractivity contribution >= 4 is 22.4 Å². The quantitative estimate of drug-likeness (QED) is 0.921. The van der Waals surface area contributed by atoms with Gasteiger partial charge < -0.3 is 5.32 Å². The van der Waals surface area contributed by atoms with Gasteiger partial charge >= 0.3 is 0 Å². The topological polar surface area (TPSA) is 49.4 Å². The number of sulfonamides is 1. The highest BCUT2D eigenvalue weighted by atomic mass is 35.5. The first-order valence-corrected chi connectivity index (χ1v) is 7.78. The Kier molecular flexibility index (Phi) is 6.26. The minimum absolute atomic E-state index is 0. The number of benzene rings is 1. The number of nitrogens with zero attached hydrogens (tertiary/aromatic N) is 1. The van der Waals surface area contributed by atoms with Crippen molar-refractivity contribution in [2.45, 2.75) is 17.7 Å². The van der Waals surface area contributed by atoms with E-state index < -0.39 is 10.0 Å². The fraction of sp³-hybridized carbons (Fsp3) is 0.538. The lowest BCUT2D eigenvalue weighted by molar-refractivity contribution is 0.263. The van der Waals surface area contributed by atoms with Gasteiger partial charge in [-0.15, -0.1) is 12.4 Å². The average molecular weight is 305 g/mol. The number of piperidine rings is 1. The highest BCUT2D eigenvalue weighted by Crippen LogP contribution is 2.23. The molecule has 1 atom stereocenters. The molecule has 0 saturated carbocycles.